The molecule has 3 N–H and O–H groups in total. The Morgan fingerprint density at radius 1 is 1.19 bits per heavy atom. The molecule has 26 heavy (non-hydrogen) atoms. The van der Waals surface area contributed by atoms with Gasteiger partial charge in [0.2, 0.25) is 5.95 Å². The van der Waals surface area contributed by atoms with Crippen molar-refractivity contribution in [2.45, 2.75) is 44.4 Å². The maximum Gasteiger partial charge on any atom is 0.220 e. The number of hydrogen-bond donors (Lipinski definition) is 2. The van der Waals surface area contributed by atoms with Gasteiger partial charge >= 0.3 is 0 Å². The molecule has 1 aromatic rings. The molecule has 0 aromatic carbocycles. The van der Waals surface area contributed by atoms with Gasteiger partial charge in [0.25, 0.3) is 0 Å². The summed E-state index contributed by atoms with van der Waals surface area (Å²) < 4.78 is 0. The monoisotopic (exact) mass is 355 g/mol. The predicted molar refractivity (Wildman–Crippen MR) is 104 cm³/mol. The molecule has 1 atom stereocenters. The first kappa shape index (κ1) is 17.4. The van der Waals surface area contributed by atoms with Gasteiger partial charge in [-0.05, 0) is 64.2 Å². The molecule has 0 bridgehead atoms. The van der Waals surface area contributed by atoms with E-state index in [1.54, 1.807) is 0 Å². The number of anilines is 1. The molecular weight excluding hydrogens is 326 g/mol. The van der Waals surface area contributed by atoms with E-state index in [1.165, 1.54) is 12.8 Å². The van der Waals surface area contributed by atoms with Crippen LogP contribution in [0.5, 0.6) is 0 Å². The lowest BCUT2D eigenvalue weighted by molar-refractivity contribution is 0.187. The van der Waals surface area contributed by atoms with Gasteiger partial charge in [-0.2, -0.15) is 0 Å². The number of nitrogens with one attached hydrogen (secondary N) is 1. The second-order valence-electron chi connectivity index (χ2n) is 7.85. The highest BCUT2D eigenvalue weighted by Gasteiger charge is 2.27. The van der Waals surface area contributed by atoms with Crippen LogP contribution in [-0.4, -0.2) is 65.0 Å². The minimum absolute atomic E-state index is 0.0465. The third kappa shape index (κ3) is 4.04. The lowest BCUT2D eigenvalue weighted by atomic mass is 10.0. The van der Waals surface area contributed by atoms with E-state index in [9.17, 15) is 0 Å². The van der Waals surface area contributed by atoms with E-state index in [1.807, 2.05) is 6.20 Å². The number of allylic oxidation sites excluding steroid dienone is 1. The Bertz CT molecular complexity index is 702. The zero-order valence-electron chi connectivity index (χ0n) is 15.7. The fourth-order valence-corrected chi connectivity index (χ4v) is 3.63. The van der Waals surface area contributed by atoms with Crippen molar-refractivity contribution >= 4 is 11.7 Å². The zero-order valence-corrected chi connectivity index (χ0v) is 15.7. The summed E-state index contributed by atoms with van der Waals surface area (Å²) in [6.07, 6.45) is 11.8. The van der Waals surface area contributed by atoms with Crippen LogP contribution < -0.4 is 11.1 Å². The molecule has 1 unspecified atom stereocenters. The van der Waals surface area contributed by atoms with Crippen molar-refractivity contribution in [1.29, 1.82) is 0 Å². The van der Waals surface area contributed by atoms with Crippen molar-refractivity contribution < 1.29 is 0 Å². The van der Waals surface area contributed by atoms with Gasteiger partial charge in [-0.3, -0.25) is 5.32 Å². The number of rotatable bonds is 5. The van der Waals surface area contributed by atoms with Gasteiger partial charge in [0, 0.05) is 31.0 Å². The Balaban J connectivity index is 1.53. The SMILES string of the molecule is CN1CCC(NC2N=C(c3cnc(N)nc3CC3CC3)C=CN2C)CC1. The Labute approximate surface area is 155 Å². The van der Waals surface area contributed by atoms with Crippen LogP contribution in [0.25, 0.3) is 0 Å². The van der Waals surface area contributed by atoms with Crippen molar-refractivity contribution in [1.82, 2.24) is 25.1 Å². The number of aliphatic imine (C=N–C) groups is 1. The molecule has 2 aliphatic heterocycles. The Morgan fingerprint density at radius 3 is 2.69 bits per heavy atom. The van der Waals surface area contributed by atoms with E-state index in [4.69, 9.17) is 10.7 Å². The molecule has 0 spiro atoms. The topological polar surface area (TPSA) is 82.7 Å². The number of piperidine rings is 1. The lowest BCUT2D eigenvalue weighted by Gasteiger charge is -2.35. The molecule has 1 saturated carbocycles. The van der Waals surface area contributed by atoms with Gasteiger partial charge in [-0.15, -0.1) is 0 Å². The molecule has 7 heteroatoms. The maximum atomic E-state index is 5.83. The molecular formula is C19H29N7. The van der Waals surface area contributed by atoms with Crippen LogP contribution in [0.1, 0.15) is 36.9 Å². The second-order valence-corrected chi connectivity index (χ2v) is 7.85. The average molecular weight is 355 g/mol. The van der Waals surface area contributed by atoms with Crippen molar-refractivity contribution in [2.75, 3.05) is 32.9 Å². The summed E-state index contributed by atoms with van der Waals surface area (Å²) in [5.41, 5.74) is 8.83. The summed E-state index contributed by atoms with van der Waals surface area (Å²) in [7, 11) is 4.25. The molecule has 0 radical (unpaired) electrons. The molecule has 7 nitrogen and oxygen atoms in total. The normalized spacial score (nSPS) is 24.8. The van der Waals surface area contributed by atoms with Gasteiger partial charge < -0.3 is 15.5 Å². The first-order valence-corrected chi connectivity index (χ1v) is 9.63. The minimum atomic E-state index is -0.0465. The van der Waals surface area contributed by atoms with Crippen molar-refractivity contribution in [3.63, 3.8) is 0 Å². The average Bonchev–Trinajstić information content (AvgIpc) is 3.43. The van der Waals surface area contributed by atoms with E-state index >= 15 is 0 Å². The number of nitrogens with two attached hydrogens (primary N) is 1. The van der Waals surface area contributed by atoms with Crippen LogP contribution in [0.15, 0.2) is 23.5 Å². The van der Waals surface area contributed by atoms with Crippen LogP contribution in [0, 0.1) is 5.92 Å². The smallest absolute Gasteiger partial charge is 0.220 e. The van der Waals surface area contributed by atoms with Crippen LogP contribution in [0.3, 0.4) is 0 Å². The van der Waals surface area contributed by atoms with Crippen molar-refractivity contribution in [2.24, 2.45) is 10.9 Å². The first-order chi connectivity index (χ1) is 12.6. The summed E-state index contributed by atoms with van der Waals surface area (Å²) in [6, 6.07) is 0.503. The third-order valence-corrected chi connectivity index (χ3v) is 5.56. The number of nitrogen functional groups attached to an aromatic ring is 1. The van der Waals surface area contributed by atoms with Gasteiger partial charge in [0.15, 0.2) is 6.29 Å². The fraction of sp³-hybridized carbons (Fsp3) is 0.632. The van der Waals surface area contributed by atoms with Gasteiger partial charge in [0.1, 0.15) is 0 Å². The minimum Gasteiger partial charge on any atom is -0.368 e. The van der Waals surface area contributed by atoms with Crippen molar-refractivity contribution in [3.05, 3.63) is 29.7 Å². The van der Waals surface area contributed by atoms with E-state index in [0.29, 0.717) is 12.0 Å². The quantitative estimate of drug-likeness (QED) is 0.827. The van der Waals surface area contributed by atoms with Gasteiger partial charge in [-0.25, -0.2) is 15.0 Å². The summed E-state index contributed by atoms with van der Waals surface area (Å²) in [5.74, 6) is 1.09. The fourth-order valence-electron chi connectivity index (χ4n) is 3.63. The molecule has 2 fully saturated rings. The van der Waals surface area contributed by atoms with Crippen LogP contribution in [0.4, 0.5) is 5.95 Å². The van der Waals surface area contributed by atoms with Gasteiger partial charge in [-0.1, -0.05) is 0 Å². The largest absolute Gasteiger partial charge is 0.368 e. The summed E-state index contributed by atoms with van der Waals surface area (Å²) in [6.45, 7) is 2.27. The summed E-state index contributed by atoms with van der Waals surface area (Å²) >= 11 is 0. The van der Waals surface area contributed by atoms with Crippen LogP contribution in [0.2, 0.25) is 0 Å². The van der Waals surface area contributed by atoms with Crippen LogP contribution >= 0.6 is 0 Å². The molecule has 0 amide bonds. The highest BCUT2D eigenvalue weighted by Crippen LogP contribution is 2.33. The number of nitrogens with zero attached hydrogens (tertiary/aromatic N) is 5. The summed E-state index contributed by atoms with van der Waals surface area (Å²) in [4.78, 5) is 18.2. The molecule has 1 saturated heterocycles. The predicted octanol–water partition coefficient (Wildman–Crippen LogP) is 1.23. The standard InChI is InChI=1S/C19H29N7/c1-25-8-5-14(6-9-25)22-19-24-16(7-10-26(19)2)15-12-21-18(20)23-17(15)11-13-3-4-13/h7,10,12-14,19,22H,3-6,8-9,11H2,1-2H3,(H2,20,21,23). The number of likely N-dealkylation sites (tertiary alicyclic amines) is 1. The third-order valence-electron chi connectivity index (χ3n) is 5.56. The summed E-state index contributed by atoms with van der Waals surface area (Å²) in [5, 5.41) is 3.71. The zero-order chi connectivity index (χ0) is 18.1. The second kappa shape index (κ2) is 7.32. The maximum absolute atomic E-state index is 5.83. The van der Waals surface area contributed by atoms with Crippen LogP contribution in [-0.2, 0) is 6.42 Å². The molecule has 3 aliphatic rings. The Morgan fingerprint density at radius 2 is 1.96 bits per heavy atom. The Kier molecular flexibility index (Phi) is 4.91. The first-order valence-electron chi connectivity index (χ1n) is 9.63. The number of hydrogen-bond acceptors (Lipinski definition) is 7. The number of aromatic nitrogens is 2. The molecule has 4 rings (SSSR count). The van der Waals surface area contributed by atoms with E-state index in [-0.39, 0.29) is 6.29 Å². The molecule has 3 heterocycles. The molecule has 140 valence electrons. The molecule has 1 aliphatic carbocycles. The lowest BCUT2D eigenvalue weighted by Crippen LogP contribution is -2.50. The van der Waals surface area contributed by atoms with E-state index in [2.05, 4.69) is 51.5 Å². The van der Waals surface area contributed by atoms with Crippen molar-refractivity contribution in [3.8, 4) is 0 Å². The van der Waals surface area contributed by atoms with Gasteiger partial charge in [0.05, 0.1) is 11.4 Å². The highest BCUT2D eigenvalue weighted by atomic mass is 15.4. The van der Waals surface area contributed by atoms with E-state index < -0.39 is 0 Å². The van der Waals surface area contributed by atoms with E-state index in [0.717, 1.165) is 55.2 Å². The highest BCUT2D eigenvalue weighted by molar-refractivity contribution is 6.09. The Hall–Kier alpha value is -1.99. The molecule has 1 aromatic heterocycles.